The number of carbonyl (C=O) groups is 2. The van der Waals surface area contributed by atoms with Gasteiger partial charge in [-0.1, -0.05) is 54.6 Å². The maximum absolute atomic E-state index is 12.5. The molecule has 0 bridgehead atoms. The molecule has 94 valence electrons. The molecule has 2 N–H and O–H groups in total. The van der Waals surface area contributed by atoms with Crippen LogP contribution in [0, 0.1) is 0 Å². The Bertz CT molecular complexity index is 649. The van der Waals surface area contributed by atoms with Gasteiger partial charge in [-0.3, -0.25) is 9.59 Å². The summed E-state index contributed by atoms with van der Waals surface area (Å²) >= 11 is 0. The highest BCUT2D eigenvalue weighted by atomic mass is 16.2. The smallest absolute Gasteiger partial charge is 0.178 e. The maximum Gasteiger partial charge on any atom is 0.178 e. The Morgan fingerprint density at radius 2 is 1.47 bits per heavy atom. The van der Waals surface area contributed by atoms with Crippen LogP contribution >= 0.6 is 0 Å². The number of carbonyl (C=O) groups excluding carboxylic acids is 2. The van der Waals surface area contributed by atoms with Crippen LogP contribution in [0.3, 0.4) is 0 Å². The summed E-state index contributed by atoms with van der Waals surface area (Å²) in [7, 11) is 0. The summed E-state index contributed by atoms with van der Waals surface area (Å²) in [6.07, 6.45) is 0. The molecule has 0 heterocycles. The van der Waals surface area contributed by atoms with E-state index >= 15 is 0 Å². The van der Waals surface area contributed by atoms with E-state index in [-0.39, 0.29) is 11.6 Å². The molecule has 2 atom stereocenters. The third-order valence-corrected chi connectivity index (χ3v) is 3.55. The van der Waals surface area contributed by atoms with E-state index in [1.807, 2.05) is 18.2 Å². The summed E-state index contributed by atoms with van der Waals surface area (Å²) in [5.41, 5.74) is 7.88. The molecule has 3 nitrogen and oxygen atoms in total. The molecule has 0 saturated heterocycles. The lowest BCUT2D eigenvalue weighted by molar-refractivity contribution is -0.121. The SMILES string of the molecule is NC1C(=O)C(c2ccccc2)C(=O)c2ccccc21. The molecular formula is C16H13NO2. The summed E-state index contributed by atoms with van der Waals surface area (Å²) in [4.78, 5) is 24.8. The average Bonchev–Trinajstić information content (AvgIpc) is 2.46. The minimum Gasteiger partial charge on any atom is -0.318 e. The van der Waals surface area contributed by atoms with Gasteiger partial charge >= 0.3 is 0 Å². The highest BCUT2D eigenvalue weighted by Crippen LogP contribution is 2.34. The van der Waals surface area contributed by atoms with Crippen molar-refractivity contribution in [1.82, 2.24) is 0 Å². The quantitative estimate of drug-likeness (QED) is 0.791. The van der Waals surface area contributed by atoms with Crippen molar-refractivity contribution in [3.8, 4) is 0 Å². The van der Waals surface area contributed by atoms with E-state index in [2.05, 4.69) is 0 Å². The molecule has 3 heteroatoms. The Kier molecular flexibility index (Phi) is 2.76. The first-order valence-electron chi connectivity index (χ1n) is 6.17. The lowest BCUT2D eigenvalue weighted by atomic mass is 9.76. The van der Waals surface area contributed by atoms with Gasteiger partial charge in [0.25, 0.3) is 0 Å². The fourth-order valence-corrected chi connectivity index (χ4v) is 2.57. The molecule has 0 aromatic heterocycles. The molecular weight excluding hydrogens is 238 g/mol. The molecule has 1 aliphatic carbocycles. The molecule has 2 aromatic carbocycles. The Morgan fingerprint density at radius 3 is 2.21 bits per heavy atom. The molecule has 0 saturated carbocycles. The Morgan fingerprint density at radius 1 is 0.842 bits per heavy atom. The van der Waals surface area contributed by atoms with E-state index in [1.165, 1.54) is 0 Å². The van der Waals surface area contributed by atoms with E-state index < -0.39 is 12.0 Å². The van der Waals surface area contributed by atoms with Crippen LogP contribution in [0.15, 0.2) is 54.6 Å². The van der Waals surface area contributed by atoms with Crippen LogP contribution in [-0.2, 0) is 4.79 Å². The molecule has 2 aromatic rings. The fraction of sp³-hybridized carbons (Fsp3) is 0.125. The van der Waals surface area contributed by atoms with E-state index in [4.69, 9.17) is 5.73 Å². The van der Waals surface area contributed by atoms with E-state index in [0.29, 0.717) is 16.7 Å². The molecule has 0 radical (unpaired) electrons. The highest BCUT2D eigenvalue weighted by Gasteiger charge is 2.39. The first-order valence-corrected chi connectivity index (χ1v) is 6.17. The Hall–Kier alpha value is -2.26. The lowest BCUT2D eigenvalue weighted by Gasteiger charge is -2.27. The molecule has 0 aliphatic heterocycles. The van der Waals surface area contributed by atoms with Crippen LogP contribution in [-0.4, -0.2) is 11.6 Å². The van der Waals surface area contributed by atoms with Crippen LogP contribution in [0.2, 0.25) is 0 Å². The number of rotatable bonds is 1. The number of nitrogens with two attached hydrogens (primary N) is 1. The predicted octanol–water partition coefficient (Wildman–Crippen LogP) is 2.24. The fourth-order valence-electron chi connectivity index (χ4n) is 2.57. The number of hydrogen-bond acceptors (Lipinski definition) is 3. The van der Waals surface area contributed by atoms with Crippen LogP contribution < -0.4 is 5.73 Å². The summed E-state index contributed by atoms with van der Waals surface area (Å²) in [5.74, 6) is -1.16. The summed E-state index contributed by atoms with van der Waals surface area (Å²) < 4.78 is 0. The third-order valence-electron chi connectivity index (χ3n) is 3.55. The largest absolute Gasteiger partial charge is 0.318 e. The zero-order valence-electron chi connectivity index (χ0n) is 10.2. The molecule has 19 heavy (non-hydrogen) atoms. The van der Waals surface area contributed by atoms with Crippen LogP contribution in [0.1, 0.15) is 33.4 Å². The van der Waals surface area contributed by atoms with Gasteiger partial charge < -0.3 is 5.73 Å². The van der Waals surface area contributed by atoms with Gasteiger partial charge in [0.2, 0.25) is 0 Å². The number of fused-ring (bicyclic) bond motifs is 1. The second kappa shape index (κ2) is 4.44. The predicted molar refractivity (Wildman–Crippen MR) is 71.9 cm³/mol. The van der Waals surface area contributed by atoms with Gasteiger partial charge in [0.05, 0.1) is 6.04 Å². The molecule has 3 rings (SSSR count). The van der Waals surface area contributed by atoms with Gasteiger partial charge in [0.15, 0.2) is 11.6 Å². The third kappa shape index (κ3) is 1.79. The van der Waals surface area contributed by atoms with Crippen molar-refractivity contribution < 1.29 is 9.59 Å². The minimum atomic E-state index is -0.772. The highest BCUT2D eigenvalue weighted by molar-refractivity contribution is 6.20. The molecule has 2 unspecified atom stereocenters. The van der Waals surface area contributed by atoms with Crippen molar-refractivity contribution in [2.45, 2.75) is 12.0 Å². The number of ketones is 2. The first kappa shape index (κ1) is 11.8. The second-order valence-corrected chi connectivity index (χ2v) is 4.68. The van der Waals surface area contributed by atoms with Gasteiger partial charge in [-0.25, -0.2) is 0 Å². The summed E-state index contributed by atoms with van der Waals surface area (Å²) in [5, 5.41) is 0. The van der Waals surface area contributed by atoms with Crippen molar-refractivity contribution in [3.63, 3.8) is 0 Å². The van der Waals surface area contributed by atoms with Gasteiger partial charge in [0, 0.05) is 5.56 Å². The van der Waals surface area contributed by atoms with Crippen molar-refractivity contribution in [2.24, 2.45) is 5.73 Å². The minimum absolute atomic E-state index is 0.159. The molecule has 0 fully saturated rings. The van der Waals surface area contributed by atoms with Crippen LogP contribution in [0.25, 0.3) is 0 Å². The number of hydrogen-bond donors (Lipinski definition) is 1. The normalized spacial score (nSPS) is 22.2. The molecule has 1 aliphatic rings. The van der Waals surface area contributed by atoms with E-state index in [9.17, 15) is 9.59 Å². The van der Waals surface area contributed by atoms with Crippen molar-refractivity contribution >= 4 is 11.6 Å². The maximum atomic E-state index is 12.5. The number of Topliss-reactive ketones (excluding diaryl/α,β-unsaturated/α-hetero) is 2. The zero-order chi connectivity index (χ0) is 13.4. The topological polar surface area (TPSA) is 60.2 Å². The summed E-state index contributed by atoms with van der Waals surface area (Å²) in [6.45, 7) is 0. The van der Waals surface area contributed by atoms with Gasteiger partial charge in [0.1, 0.15) is 5.92 Å². The lowest BCUT2D eigenvalue weighted by Crippen LogP contribution is -2.37. The Labute approximate surface area is 111 Å². The van der Waals surface area contributed by atoms with Crippen LogP contribution in [0.5, 0.6) is 0 Å². The summed E-state index contributed by atoms with van der Waals surface area (Å²) in [6, 6.07) is 15.4. The van der Waals surface area contributed by atoms with Gasteiger partial charge in [-0.15, -0.1) is 0 Å². The van der Waals surface area contributed by atoms with E-state index in [0.717, 1.165) is 0 Å². The van der Waals surface area contributed by atoms with Crippen molar-refractivity contribution in [1.29, 1.82) is 0 Å². The Balaban J connectivity index is 2.15. The standard InChI is InChI=1S/C16H13NO2/c17-14-11-8-4-5-9-12(11)15(18)13(16(14)19)10-6-2-1-3-7-10/h1-9,13-14H,17H2. The molecule has 0 amide bonds. The second-order valence-electron chi connectivity index (χ2n) is 4.68. The molecule has 0 spiro atoms. The van der Waals surface area contributed by atoms with Crippen molar-refractivity contribution in [2.75, 3.05) is 0 Å². The monoisotopic (exact) mass is 251 g/mol. The van der Waals surface area contributed by atoms with Crippen LogP contribution in [0.4, 0.5) is 0 Å². The van der Waals surface area contributed by atoms with Crippen molar-refractivity contribution in [3.05, 3.63) is 71.3 Å². The van der Waals surface area contributed by atoms with E-state index in [1.54, 1.807) is 36.4 Å². The van der Waals surface area contributed by atoms with Gasteiger partial charge in [-0.2, -0.15) is 0 Å². The number of benzene rings is 2. The first-order chi connectivity index (χ1) is 9.20. The van der Waals surface area contributed by atoms with Gasteiger partial charge in [-0.05, 0) is 11.1 Å². The zero-order valence-corrected chi connectivity index (χ0v) is 10.2. The average molecular weight is 251 g/mol.